The molecule has 0 aromatic heterocycles. The molecule has 2 fully saturated rings. The molecule has 11 unspecified atom stereocenters. The van der Waals surface area contributed by atoms with Gasteiger partial charge in [-0.15, -0.1) is 0 Å². The molecule has 0 amide bonds. The first-order chi connectivity index (χ1) is 27.6. The molecule has 0 aromatic carbocycles. The molecule has 7 N–H and O–H groups in total. The predicted octanol–water partition coefficient (Wildman–Crippen LogP) is 4.51. The summed E-state index contributed by atoms with van der Waals surface area (Å²) in [5.74, 6) is -0.392. The second kappa shape index (κ2) is 32.3. The van der Waals surface area contributed by atoms with Crippen molar-refractivity contribution in [3.05, 3.63) is 24.3 Å². The quantitative estimate of drug-likeness (QED) is 0.0276. The first-order valence-corrected chi connectivity index (χ1v) is 21.9. The molecule has 14 nitrogen and oxygen atoms in total. The SMILES string of the molecule is CCCCC/C=C\C/C=C\CCCCCCCC(=O)OC(COCCCCCCCCCC)COC1OC(COC2OC(CO)C(O)C(O)C2O)C(O)C(O)C1O. The van der Waals surface area contributed by atoms with E-state index in [0.717, 1.165) is 64.2 Å². The summed E-state index contributed by atoms with van der Waals surface area (Å²) in [4.78, 5) is 12.9. The van der Waals surface area contributed by atoms with Gasteiger partial charge in [0.05, 0.1) is 26.4 Å². The fourth-order valence-corrected chi connectivity index (χ4v) is 6.78. The molecular weight excluding hydrogens is 740 g/mol. The van der Waals surface area contributed by atoms with E-state index >= 15 is 0 Å². The molecule has 2 saturated heterocycles. The van der Waals surface area contributed by atoms with Crippen molar-refractivity contribution in [1.82, 2.24) is 0 Å². The molecule has 2 aliphatic heterocycles. The maximum absolute atomic E-state index is 12.9. The van der Waals surface area contributed by atoms with Gasteiger partial charge in [-0.1, -0.05) is 115 Å². The van der Waals surface area contributed by atoms with E-state index in [1.54, 1.807) is 0 Å². The van der Waals surface area contributed by atoms with E-state index in [2.05, 4.69) is 38.2 Å². The van der Waals surface area contributed by atoms with Crippen molar-refractivity contribution in [1.29, 1.82) is 0 Å². The number of aliphatic hydroxyl groups excluding tert-OH is 7. The molecule has 2 rings (SSSR count). The molecule has 2 aliphatic rings. The summed E-state index contributed by atoms with van der Waals surface area (Å²) < 4.78 is 34.0. The van der Waals surface area contributed by atoms with Crippen LogP contribution in [0.2, 0.25) is 0 Å². The van der Waals surface area contributed by atoms with Gasteiger partial charge in [-0.3, -0.25) is 4.79 Å². The van der Waals surface area contributed by atoms with Crippen molar-refractivity contribution in [2.75, 3.05) is 33.0 Å². The second-order valence-electron chi connectivity index (χ2n) is 15.5. The van der Waals surface area contributed by atoms with Crippen LogP contribution in [-0.4, -0.2) is 142 Å². The van der Waals surface area contributed by atoms with Crippen LogP contribution in [0, 0.1) is 0 Å². The number of aliphatic hydroxyl groups is 7. The third-order valence-corrected chi connectivity index (χ3v) is 10.5. The van der Waals surface area contributed by atoms with Crippen LogP contribution in [0.4, 0.5) is 0 Å². The van der Waals surface area contributed by atoms with E-state index in [0.29, 0.717) is 13.0 Å². The summed E-state index contributed by atoms with van der Waals surface area (Å²) in [6, 6.07) is 0. The zero-order valence-electron chi connectivity index (χ0n) is 34.8. The van der Waals surface area contributed by atoms with Crippen molar-refractivity contribution >= 4 is 5.97 Å². The van der Waals surface area contributed by atoms with Crippen molar-refractivity contribution in [2.45, 2.75) is 210 Å². The fourth-order valence-electron chi connectivity index (χ4n) is 6.78. The minimum absolute atomic E-state index is 0.0576. The largest absolute Gasteiger partial charge is 0.457 e. The Hall–Kier alpha value is -1.53. The topological polar surface area (TPSA) is 214 Å². The van der Waals surface area contributed by atoms with Crippen molar-refractivity contribution in [2.24, 2.45) is 0 Å². The van der Waals surface area contributed by atoms with Gasteiger partial charge in [0.1, 0.15) is 54.9 Å². The minimum atomic E-state index is -1.70. The Morgan fingerprint density at radius 2 is 1.09 bits per heavy atom. The third kappa shape index (κ3) is 21.5. The van der Waals surface area contributed by atoms with Gasteiger partial charge in [0.2, 0.25) is 0 Å². The van der Waals surface area contributed by atoms with Gasteiger partial charge in [-0.05, 0) is 44.9 Å². The highest BCUT2D eigenvalue weighted by atomic mass is 16.7. The lowest BCUT2D eigenvalue weighted by atomic mass is 9.98. The van der Waals surface area contributed by atoms with Gasteiger partial charge >= 0.3 is 5.97 Å². The van der Waals surface area contributed by atoms with Crippen LogP contribution in [0.3, 0.4) is 0 Å². The summed E-state index contributed by atoms with van der Waals surface area (Å²) >= 11 is 0. The highest BCUT2D eigenvalue weighted by Gasteiger charge is 2.47. The van der Waals surface area contributed by atoms with Crippen LogP contribution in [0.1, 0.15) is 142 Å². The molecule has 334 valence electrons. The minimum Gasteiger partial charge on any atom is -0.457 e. The van der Waals surface area contributed by atoms with Crippen LogP contribution in [-0.2, 0) is 33.2 Å². The number of allylic oxidation sites excluding steroid dienone is 4. The standard InChI is InChI=1S/C43H78O14/c1-3-5-7-9-11-13-14-15-16-17-18-19-20-22-24-26-35(45)55-32(29-52-27-25-23-21-12-10-8-6-4-2)30-53-42-41(51)39(49)37(47)34(57-42)31-54-43-40(50)38(48)36(46)33(28-44)56-43/h11,13,15-16,32-34,36-44,46-51H,3-10,12,14,17-31H2,1-2H3/b13-11-,16-15-. The number of rotatable bonds is 33. The van der Waals surface area contributed by atoms with Gasteiger partial charge < -0.3 is 64.2 Å². The average Bonchev–Trinajstić information content (AvgIpc) is 3.20. The Labute approximate surface area is 341 Å². The lowest BCUT2D eigenvalue weighted by Gasteiger charge is -2.42. The fraction of sp³-hybridized carbons (Fsp3) is 0.884. The number of carbonyl (C=O) groups is 1. The smallest absolute Gasteiger partial charge is 0.306 e. The van der Waals surface area contributed by atoms with Gasteiger partial charge in [0, 0.05) is 13.0 Å². The molecule has 0 saturated carbocycles. The normalized spacial score (nSPS) is 28.7. The molecule has 0 radical (unpaired) electrons. The summed E-state index contributed by atoms with van der Waals surface area (Å²) in [6.07, 6.45) is 14.0. The second-order valence-corrected chi connectivity index (χ2v) is 15.5. The lowest BCUT2D eigenvalue weighted by Crippen LogP contribution is -2.61. The molecule has 11 atom stereocenters. The molecule has 0 spiro atoms. The maximum atomic E-state index is 12.9. The van der Waals surface area contributed by atoms with Gasteiger partial charge in [-0.2, -0.15) is 0 Å². The molecule has 57 heavy (non-hydrogen) atoms. The first-order valence-electron chi connectivity index (χ1n) is 21.9. The summed E-state index contributed by atoms with van der Waals surface area (Å²) in [5.41, 5.74) is 0. The number of esters is 1. The van der Waals surface area contributed by atoms with Gasteiger partial charge in [0.25, 0.3) is 0 Å². The molecule has 0 aliphatic carbocycles. The van der Waals surface area contributed by atoms with Gasteiger partial charge in [0.15, 0.2) is 12.6 Å². The maximum Gasteiger partial charge on any atom is 0.306 e. The zero-order valence-corrected chi connectivity index (χ0v) is 34.8. The van der Waals surface area contributed by atoms with Crippen molar-refractivity contribution in [3.8, 4) is 0 Å². The van der Waals surface area contributed by atoms with E-state index in [1.807, 2.05) is 0 Å². The number of hydrogen-bond donors (Lipinski definition) is 7. The van der Waals surface area contributed by atoms with Gasteiger partial charge in [-0.25, -0.2) is 0 Å². The molecule has 0 bridgehead atoms. The van der Waals surface area contributed by atoms with E-state index in [4.69, 9.17) is 28.4 Å². The monoisotopic (exact) mass is 819 g/mol. The van der Waals surface area contributed by atoms with Crippen LogP contribution >= 0.6 is 0 Å². The Morgan fingerprint density at radius 1 is 0.579 bits per heavy atom. The highest BCUT2D eigenvalue weighted by molar-refractivity contribution is 5.69. The van der Waals surface area contributed by atoms with Crippen LogP contribution < -0.4 is 0 Å². The van der Waals surface area contributed by atoms with Crippen LogP contribution in [0.5, 0.6) is 0 Å². The molecular formula is C43H78O14. The number of carbonyl (C=O) groups excluding carboxylic acids is 1. The Kier molecular flexibility index (Phi) is 29.2. The van der Waals surface area contributed by atoms with Crippen LogP contribution in [0.25, 0.3) is 0 Å². The Balaban J connectivity index is 1.82. The van der Waals surface area contributed by atoms with E-state index < -0.39 is 86.7 Å². The first kappa shape index (κ1) is 51.6. The van der Waals surface area contributed by atoms with E-state index in [1.165, 1.54) is 51.4 Å². The predicted molar refractivity (Wildman–Crippen MR) is 215 cm³/mol. The Morgan fingerprint density at radius 3 is 1.72 bits per heavy atom. The van der Waals surface area contributed by atoms with Crippen molar-refractivity contribution < 1.29 is 69.0 Å². The average molecular weight is 819 g/mol. The van der Waals surface area contributed by atoms with E-state index in [9.17, 15) is 40.5 Å². The molecule has 14 heteroatoms. The number of unbranched alkanes of at least 4 members (excludes halogenated alkanes) is 15. The van der Waals surface area contributed by atoms with Crippen LogP contribution in [0.15, 0.2) is 24.3 Å². The molecule has 2 heterocycles. The zero-order chi connectivity index (χ0) is 41.7. The Bertz CT molecular complexity index is 1040. The molecule has 0 aromatic rings. The third-order valence-electron chi connectivity index (χ3n) is 10.5. The van der Waals surface area contributed by atoms with E-state index in [-0.39, 0.29) is 19.6 Å². The number of hydrogen-bond acceptors (Lipinski definition) is 14. The summed E-state index contributed by atoms with van der Waals surface area (Å²) in [6.45, 7) is 3.59. The summed E-state index contributed by atoms with van der Waals surface area (Å²) in [5, 5.41) is 71.7. The summed E-state index contributed by atoms with van der Waals surface area (Å²) in [7, 11) is 0. The van der Waals surface area contributed by atoms with Crippen molar-refractivity contribution in [3.63, 3.8) is 0 Å². The lowest BCUT2D eigenvalue weighted by molar-refractivity contribution is -0.332. The number of ether oxygens (including phenoxy) is 6. The highest BCUT2D eigenvalue weighted by Crippen LogP contribution is 2.26.